The largest absolute Gasteiger partial charge is 0.411 e. The lowest BCUT2D eigenvalue weighted by atomic mass is 9.48. The fraction of sp³-hybridized carbons (Fsp3) is 0.579. The standard InChI is InChI=1S/C19H21N3O2S/c23-16(19-7-12-4-13(8-19)6-14(5-12)9-19)11-25-18-22-21-17(24-18)15-2-1-3-20-10-15/h1-3,10,12-14H,4-9,11H2. The quantitative estimate of drug-likeness (QED) is 0.755. The summed E-state index contributed by atoms with van der Waals surface area (Å²) in [5, 5.41) is 8.61. The van der Waals surface area contributed by atoms with Gasteiger partial charge in [0.1, 0.15) is 5.78 Å². The van der Waals surface area contributed by atoms with E-state index in [0.29, 0.717) is 22.6 Å². The molecule has 0 radical (unpaired) electrons. The minimum atomic E-state index is -0.0477. The van der Waals surface area contributed by atoms with Gasteiger partial charge in [0.15, 0.2) is 0 Å². The van der Waals surface area contributed by atoms with E-state index in [2.05, 4.69) is 15.2 Å². The van der Waals surface area contributed by atoms with Crippen molar-refractivity contribution in [3.8, 4) is 11.5 Å². The van der Waals surface area contributed by atoms with Crippen molar-refractivity contribution in [2.45, 2.75) is 43.7 Å². The number of rotatable bonds is 5. The summed E-state index contributed by atoms with van der Waals surface area (Å²) in [6.45, 7) is 0. The summed E-state index contributed by atoms with van der Waals surface area (Å²) >= 11 is 1.38. The van der Waals surface area contributed by atoms with Crippen LogP contribution in [0.4, 0.5) is 0 Å². The fourth-order valence-electron chi connectivity index (χ4n) is 5.61. The van der Waals surface area contributed by atoms with Crippen LogP contribution in [0.25, 0.3) is 11.5 Å². The van der Waals surface area contributed by atoms with Gasteiger partial charge in [0.25, 0.3) is 5.22 Å². The molecule has 2 heterocycles. The molecule has 0 aromatic carbocycles. The first kappa shape index (κ1) is 15.6. The van der Waals surface area contributed by atoms with E-state index in [9.17, 15) is 4.79 Å². The topological polar surface area (TPSA) is 68.9 Å². The van der Waals surface area contributed by atoms with Crippen molar-refractivity contribution >= 4 is 17.5 Å². The number of hydrogen-bond donors (Lipinski definition) is 0. The van der Waals surface area contributed by atoms with Crippen molar-refractivity contribution in [2.24, 2.45) is 23.2 Å². The minimum absolute atomic E-state index is 0.0477. The SMILES string of the molecule is O=C(CSc1nnc(-c2cccnc2)o1)C12CC3CC(CC(C3)C1)C2. The molecule has 0 amide bonds. The van der Waals surface area contributed by atoms with Gasteiger partial charge in [0.2, 0.25) is 5.89 Å². The van der Waals surface area contributed by atoms with E-state index in [1.807, 2.05) is 12.1 Å². The molecule has 2 aromatic rings. The third-order valence-electron chi connectivity index (χ3n) is 6.27. The summed E-state index contributed by atoms with van der Waals surface area (Å²) in [6, 6.07) is 3.72. The number of aromatic nitrogens is 3. The predicted octanol–water partition coefficient (Wildman–Crippen LogP) is 4.01. The van der Waals surface area contributed by atoms with Crippen LogP contribution >= 0.6 is 11.8 Å². The molecular formula is C19H21N3O2S. The smallest absolute Gasteiger partial charge is 0.277 e. The second kappa shape index (κ2) is 5.94. The van der Waals surface area contributed by atoms with Crippen LogP contribution in [-0.2, 0) is 4.79 Å². The van der Waals surface area contributed by atoms with E-state index in [-0.39, 0.29) is 5.41 Å². The van der Waals surface area contributed by atoms with Gasteiger partial charge in [-0.25, -0.2) is 0 Å². The molecule has 6 heteroatoms. The summed E-state index contributed by atoms with van der Waals surface area (Å²) in [6.07, 6.45) is 10.8. The molecule has 0 unspecified atom stereocenters. The lowest BCUT2D eigenvalue weighted by Gasteiger charge is -2.55. The van der Waals surface area contributed by atoms with Crippen LogP contribution in [0.3, 0.4) is 0 Å². The van der Waals surface area contributed by atoms with Gasteiger partial charge in [-0.1, -0.05) is 11.8 Å². The van der Waals surface area contributed by atoms with Gasteiger partial charge in [-0.05, 0) is 68.4 Å². The zero-order valence-corrected chi connectivity index (χ0v) is 14.9. The van der Waals surface area contributed by atoms with Gasteiger partial charge in [-0.2, -0.15) is 0 Å². The van der Waals surface area contributed by atoms with Gasteiger partial charge >= 0.3 is 0 Å². The highest BCUT2D eigenvalue weighted by Gasteiger charge is 2.54. The number of nitrogens with zero attached hydrogens (tertiary/aromatic N) is 3. The maximum Gasteiger partial charge on any atom is 0.277 e. The zero-order valence-electron chi connectivity index (χ0n) is 14.1. The van der Waals surface area contributed by atoms with Crippen LogP contribution in [0.1, 0.15) is 38.5 Å². The Morgan fingerprint density at radius 1 is 1.16 bits per heavy atom. The molecule has 4 bridgehead atoms. The van der Waals surface area contributed by atoms with Gasteiger partial charge in [-0.15, -0.1) is 10.2 Å². The number of carbonyl (C=O) groups is 1. The highest BCUT2D eigenvalue weighted by atomic mass is 32.2. The Morgan fingerprint density at radius 3 is 2.52 bits per heavy atom. The van der Waals surface area contributed by atoms with E-state index >= 15 is 0 Å². The van der Waals surface area contributed by atoms with Gasteiger partial charge < -0.3 is 4.42 Å². The maximum atomic E-state index is 13.0. The van der Waals surface area contributed by atoms with Crippen molar-refractivity contribution in [3.05, 3.63) is 24.5 Å². The third kappa shape index (κ3) is 2.80. The molecular weight excluding hydrogens is 334 g/mol. The number of pyridine rings is 1. The molecule has 4 aliphatic rings. The van der Waals surface area contributed by atoms with E-state index in [0.717, 1.165) is 42.6 Å². The molecule has 4 saturated carbocycles. The second-order valence-electron chi connectivity index (χ2n) is 8.02. The van der Waals surface area contributed by atoms with Crippen LogP contribution in [0.5, 0.6) is 0 Å². The van der Waals surface area contributed by atoms with Gasteiger partial charge in [0.05, 0.1) is 11.3 Å². The van der Waals surface area contributed by atoms with Crippen molar-refractivity contribution in [2.75, 3.05) is 5.75 Å². The molecule has 0 spiro atoms. The van der Waals surface area contributed by atoms with E-state index in [1.165, 1.54) is 31.0 Å². The lowest BCUT2D eigenvalue weighted by Crippen LogP contribution is -2.50. The summed E-state index contributed by atoms with van der Waals surface area (Å²) in [5.74, 6) is 3.68. The number of carbonyl (C=O) groups excluding carboxylic acids is 1. The lowest BCUT2D eigenvalue weighted by molar-refractivity contribution is -0.141. The van der Waals surface area contributed by atoms with E-state index in [4.69, 9.17) is 4.42 Å². The van der Waals surface area contributed by atoms with Crippen molar-refractivity contribution in [3.63, 3.8) is 0 Å². The first-order chi connectivity index (χ1) is 12.2. The molecule has 5 nitrogen and oxygen atoms in total. The average molecular weight is 355 g/mol. The molecule has 4 fully saturated rings. The molecule has 2 aromatic heterocycles. The molecule has 6 rings (SSSR count). The Hall–Kier alpha value is -1.69. The Bertz CT molecular complexity index is 754. The zero-order chi connectivity index (χ0) is 16.9. The second-order valence-corrected chi connectivity index (χ2v) is 8.95. The van der Waals surface area contributed by atoms with Crippen molar-refractivity contribution in [1.29, 1.82) is 0 Å². The van der Waals surface area contributed by atoms with Crippen LogP contribution in [0.2, 0.25) is 0 Å². The molecule has 4 aliphatic carbocycles. The van der Waals surface area contributed by atoms with Crippen molar-refractivity contribution in [1.82, 2.24) is 15.2 Å². The molecule has 0 saturated heterocycles. The van der Waals surface area contributed by atoms with Gasteiger partial charge in [-0.3, -0.25) is 9.78 Å². The van der Waals surface area contributed by atoms with Gasteiger partial charge in [0, 0.05) is 17.8 Å². The monoisotopic (exact) mass is 355 g/mol. The number of hydrogen-bond acceptors (Lipinski definition) is 6. The van der Waals surface area contributed by atoms with Crippen LogP contribution in [-0.4, -0.2) is 26.7 Å². The number of thioether (sulfide) groups is 1. The van der Waals surface area contributed by atoms with Crippen LogP contribution < -0.4 is 0 Å². The average Bonchev–Trinajstić information content (AvgIpc) is 3.08. The normalized spacial score (nSPS) is 32.9. The molecule has 130 valence electrons. The summed E-state index contributed by atoms with van der Waals surface area (Å²) in [7, 11) is 0. The molecule has 25 heavy (non-hydrogen) atoms. The van der Waals surface area contributed by atoms with Crippen LogP contribution in [0.15, 0.2) is 34.2 Å². The molecule has 0 aliphatic heterocycles. The number of Topliss-reactive ketones (excluding diaryl/α,β-unsaturated/α-hetero) is 1. The Balaban J connectivity index is 1.26. The van der Waals surface area contributed by atoms with E-state index in [1.54, 1.807) is 12.4 Å². The third-order valence-corrected chi connectivity index (χ3v) is 7.09. The fourth-order valence-corrected chi connectivity index (χ4v) is 6.40. The summed E-state index contributed by atoms with van der Waals surface area (Å²) in [4.78, 5) is 17.1. The highest BCUT2D eigenvalue weighted by molar-refractivity contribution is 7.99. The molecule has 0 atom stereocenters. The Morgan fingerprint density at radius 2 is 1.88 bits per heavy atom. The summed E-state index contributed by atoms with van der Waals surface area (Å²) < 4.78 is 5.69. The first-order valence-electron chi connectivity index (χ1n) is 9.10. The summed E-state index contributed by atoms with van der Waals surface area (Å²) in [5.41, 5.74) is 0.753. The Kier molecular flexibility index (Phi) is 3.69. The molecule has 0 N–H and O–H groups in total. The van der Waals surface area contributed by atoms with Crippen molar-refractivity contribution < 1.29 is 9.21 Å². The maximum absolute atomic E-state index is 13.0. The Labute approximate surface area is 151 Å². The minimum Gasteiger partial charge on any atom is -0.411 e. The number of ketones is 1. The first-order valence-corrected chi connectivity index (χ1v) is 10.1. The highest BCUT2D eigenvalue weighted by Crippen LogP contribution is 2.60. The van der Waals surface area contributed by atoms with Crippen LogP contribution in [0, 0.1) is 23.2 Å². The predicted molar refractivity (Wildman–Crippen MR) is 93.9 cm³/mol. The van der Waals surface area contributed by atoms with E-state index < -0.39 is 0 Å².